The molecule has 4 rings (SSSR count). The van der Waals surface area contributed by atoms with Crippen molar-refractivity contribution >= 4 is 6.09 Å². The molecule has 3 heterocycles. The van der Waals surface area contributed by atoms with Crippen LogP contribution >= 0.6 is 0 Å². The van der Waals surface area contributed by atoms with Crippen molar-refractivity contribution in [3.05, 3.63) is 88.9 Å². The van der Waals surface area contributed by atoms with Gasteiger partial charge in [-0.1, -0.05) is 12.1 Å². The summed E-state index contributed by atoms with van der Waals surface area (Å²) in [4.78, 5) is 20.6. The van der Waals surface area contributed by atoms with Crippen LogP contribution in [0.3, 0.4) is 0 Å². The second-order valence-electron chi connectivity index (χ2n) is 7.71. The summed E-state index contributed by atoms with van der Waals surface area (Å²) in [6, 6.07) is 13.1. The number of ether oxygens (including phenoxy) is 1. The SMILES string of the molecule is N#Cc1ccc(Cn2cncc2CN2CCN(C(=O)OCc3ccc[n+]([O-])c3)CC2)cc1. The predicted octanol–water partition coefficient (Wildman–Crippen LogP) is 1.89. The van der Waals surface area contributed by atoms with E-state index >= 15 is 0 Å². The zero-order valence-corrected chi connectivity index (χ0v) is 17.6. The molecule has 1 aliphatic rings. The van der Waals surface area contributed by atoms with Crippen LogP contribution in [0.15, 0.2) is 61.3 Å². The average Bonchev–Trinajstić information content (AvgIpc) is 3.25. The zero-order chi connectivity index (χ0) is 22.3. The largest absolute Gasteiger partial charge is 0.619 e. The van der Waals surface area contributed by atoms with Crippen LogP contribution in [0.2, 0.25) is 0 Å². The van der Waals surface area contributed by atoms with Gasteiger partial charge >= 0.3 is 6.09 Å². The van der Waals surface area contributed by atoms with Crippen molar-refractivity contribution in [1.29, 1.82) is 5.26 Å². The number of hydrogen-bond donors (Lipinski definition) is 0. The van der Waals surface area contributed by atoms with E-state index in [1.165, 1.54) is 12.4 Å². The first-order valence-electron chi connectivity index (χ1n) is 10.4. The smallest absolute Gasteiger partial charge is 0.410 e. The number of piperazine rings is 1. The number of rotatable bonds is 6. The minimum atomic E-state index is -0.364. The van der Waals surface area contributed by atoms with Gasteiger partial charge in [-0.15, -0.1) is 0 Å². The molecule has 0 unspecified atom stereocenters. The summed E-state index contributed by atoms with van der Waals surface area (Å²) < 4.78 is 8.14. The third kappa shape index (κ3) is 5.42. The van der Waals surface area contributed by atoms with Crippen LogP contribution < -0.4 is 4.73 Å². The number of hydrogen-bond acceptors (Lipinski definition) is 6. The minimum absolute atomic E-state index is 0.0800. The molecule has 9 nitrogen and oxygen atoms in total. The lowest BCUT2D eigenvalue weighted by molar-refractivity contribution is -0.606. The molecule has 0 radical (unpaired) electrons. The molecule has 0 saturated carbocycles. The summed E-state index contributed by atoms with van der Waals surface area (Å²) in [6.07, 6.45) is 6.10. The molecule has 2 aromatic heterocycles. The van der Waals surface area contributed by atoms with E-state index in [1.54, 1.807) is 17.0 Å². The van der Waals surface area contributed by atoms with Gasteiger partial charge in [-0.2, -0.15) is 9.99 Å². The van der Waals surface area contributed by atoms with Gasteiger partial charge in [-0.25, -0.2) is 9.78 Å². The average molecular weight is 432 g/mol. The first kappa shape index (κ1) is 21.3. The van der Waals surface area contributed by atoms with Crippen molar-refractivity contribution in [2.45, 2.75) is 19.7 Å². The van der Waals surface area contributed by atoms with E-state index in [4.69, 9.17) is 10.00 Å². The molecule has 0 N–H and O–H groups in total. The molecular formula is C23H24N6O3. The summed E-state index contributed by atoms with van der Waals surface area (Å²) in [5.41, 5.74) is 3.51. The highest BCUT2D eigenvalue weighted by Crippen LogP contribution is 2.13. The van der Waals surface area contributed by atoms with Crippen molar-refractivity contribution in [3.63, 3.8) is 0 Å². The van der Waals surface area contributed by atoms with Crippen molar-refractivity contribution in [3.8, 4) is 6.07 Å². The van der Waals surface area contributed by atoms with Crippen LogP contribution in [-0.4, -0.2) is 51.6 Å². The molecule has 1 aromatic carbocycles. The van der Waals surface area contributed by atoms with E-state index in [-0.39, 0.29) is 12.7 Å². The minimum Gasteiger partial charge on any atom is -0.619 e. The second-order valence-corrected chi connectivity index (χ2v) is 7.71. The molecule has 1 aliphatic heterocycles. The fourth-order valence-electron chi connectivity index (χ4n) is 3.64. The maximum Gasteiger partial charge on any atom is 0.410 e. The summed E-state index contributed by atoms with van der Waals surface area (Å²) in [5.74, 6) is 0. The number of carbonyl (C=O) groups excluding carboxylic acids is 1. The van der Waals surface area contributed by atoms with Crippen LogP contribution in [0.5, 0.6) is 0 Å². The van der Waals surface area contributed by atoms with Gasteiger partial charge in [0.15, 0.2) is 12.4 Å². The molecule has 164 valence electrons. The third-order valence-corrected chi connectivity index (χ3v) is 5.45. The van der Waals surface area contributed by atoms with Crippen molar-refractivity contribution in [2.75, 3.05) is 26.2 Å². The Hall–Kier alpha value is -3.90. The fraction of sp³-hybridized carbons (Fsp3) is 0.304. The lowest BCUT2D eigenvalue weighted by atomic mass is 10.1. The monoisotopic (exact) mass is 432 g/mol. The number of nitrogens with zero attached hydrogens (tertiary/aromatic N) is 6. The zero-order valence-electron chi connectivity index (χ0n) is 17.6. The highest BCUT2D eigenvalue weighted by atomic mass is 16.6. The number of nitriles is 1. The van der Waals surface area contributed by atoms with E-state index in [9.17, 15) is 10.0 Å². The molecule has 1 amide bonds. The Morgan fingerprint density at radius 3 is 2.62 bits per heavy atom. The molecule has 1 fully saturated rings. The quantitative estimate of drug-likeness (QED) is 0.436. The van der Waals surface area contributed by atoms with Gasteiger partial charge < -0.3 is 19.4 Å². The van der Waals surface area contributed by atoms with Gasteiger partial charge in [0.05, 0.1) is 29.2 Å². The van der Waals surface area contributed by atoms with E-state index in [0.717, 1.165) is 30.9 Å². The molecule has 3 aromatic rings. The third-order valence-electron chi connectivity index (χ3n) is 5.45. The topological polar surface area (TPSA) is 101 Å². The van der Waals surface area contributed by atoms with Crippen LogP contribution in [0, 0.1) is 16.5 Å². The Balaban J connectivity index is 1.26. The summed E-state index contributed by atoms with van der Waals surface area (Å²) in [5, 5.41) is 20.2. The van der Waals surface area contributed by atoms with E-state index in [0.29, 0.717) is 35.5 Å². The first-order valence-corrected chi connectivity index (χ1v) is 10.4. The van der Waals surface area contributed by atoms with Crippen molar-refractivity contribution in [1.82, 2.24) is 19.4 Å². The van der Waals surface area contributed by atoms with E-state index in [1.807, 2.05) is 36.8 Å². The number of amides is 1. The standard InChI is InChI=1S/C23H24N6O3/c24-12-19-3-5-20(6-4-19)14-28-18-25-13-22(28)16-26-8-10-27(11-9-26)23(30)32-17-21-2-1-7-29(31)15-21/h1-7,13,15,18H,8-11,14,16-17H2. The lowest BCUT2D eigenvalue weighted by Crippen LogP contribution is -2.48. The van der Waals surface area contributed by atoms with Crippen LogP contribution in [0.4, 0.5) is 4.79 Å². The number of benzene rings is 1. The van der Waals surface area contributed by atoms with Gasteiger partial charge in [0.1, 0.15) is 6.61 Å². The molecule has 0 spiro atoms. The first-order chi connectivity index (χ1) is 15.6. The van der Waals surface area contributed by atoms with E-state index in [2.05, 4.69) is 20.5 Å². The summed E-state index contributed by atoms with van der Waals surface area (Å²) >= 11 is 0. The normalized spacial score (nSPS) is 14.2. The molecule has 0 bridgehead atoms. The Bertz CT molecular complexity index is 1100. The molecule has 0 aliphatic carbocycles. The highest BCUT2D eigenvalue weighted by molar-refractivity contribution is 5.67. The van der Waals surface area contributed by atoms with Gasteiger partial charge in [-0.3, -0.25) is 4.90 Å². The summed E-state index contributed by atoms with van der Waals surface area (Å²) in [7, 11) is 0. The predicted molar refractivity (Wildman–Crippen MR) is 115 cm³/mol. The number of aromatic nitrogens is 3. The number of imidazole rings is 1. The second kappa shape index (κ2) is 9.94. The van der Waals surface area contributed by atoms with Crippen LogP contribution in [0.1, 0.15) is 22.4 Å². The van der Waals surface area contributed by atoms with Crippen LogP contribution in [0.25, 0.3) is 0 Å². The Kier molecular flexibility index (Phi) is 6.63. The molecule has 32 heavy (non-hydrogen) atoms. The summed E-state index contributed by atoms with van der Waals surface area (Å²) in [6.45, 7) is 4.16. The number of carbonyl (C=O) groups is 1. The van der Waals surface area contributed by atoms with Crippen molar-refractivity contribution in [2.24, 2.45) is 0 Å². The maximum absolute atomic E-state index is 12.3. The lowest BCUT2D eigenvalue weighted by Gasteiger charge is -2.34. The Labute approximate surface area is 186 Å². The molecule has 1 saturated heterocycles. The van der Waals surface area contributed by atoms with Crippen LogP contribution in [-0.2, 0) is 24.4 Å². The van der Waals surface area contributed by atoms with Gasteiger partial charge in [0, 0.05) is 51.5 Å². The molecule has 9 heteroatoms. The van der Waals surface area contributed by atoms with E-state index < -0.39 is 0 Å². The van der Waals surface area contributed by atoms with Gasteiger partial charge in [0.25, 0.3) is 0 Å². The van der Waals surface area contributed by atoms with Crippen molar-refractivity contribution < 1.29 is 14.3 Å². The molecule has 0 atom stereocenters. The van der Waals surface area contributed by atoms with Gasteiger partial charge in [0.2, 0.25) is 0 Å². The Morgan fingerprint density at radius 1 is 1.12 bits per heavy atom. The maximum atomic E-state index is 12.3. The highest BCUT2D eigenvalue weighted by Gasteiger charge is 2.23. The fourth-order valence-corrected chi connectivity index (χ4v) is 3.64. The van der Waals surface area contributed by atoms with Gasteiger partial charge in [-0.05, 0) is 23.8 Å². The molecular weight excluding hydrogens is 408 g/mol. The number of pyridine rings is 1. The Morgan fingerprint density at radius 2 is 1.91 bits per heavy atom.